The Morgan fingerprint density at radius 2 is 2.00 bits per heavy atom. The Morgan fingerprint density at radius 3 is 2.76 bits per heavy atom. The maximum atomic E-state index is 12.3. The third-order valence-corrected chi connectivity index (χ3v) is 4.42. The van der Waals surface area contributed by atoms with Crippen molar-refractivity contribution in [3.8, 4) is 6.01 Å². The van der Waals surface area contributed by atoms with Crippen LogP contribution in [0.25, 0.3) is 0 Å². The fourth-order valence-electron chi connectivity index (χ4n) is 2.19. The molecule has 2 heterocycles. The van der Waals surface area contributed by atoms with Gasteiger partial charge in [-0.1, -0.05) is 30.3 Å². The lowest BCUT2D eigenvalue weighted by molar-refractivity contribution is -0.133. The molecule has 2 aromatic rings. The van der Waals surface area contributed by atoms with E-state index < -0.39 is 0 Å². The number of carbonyl (C=O) groups excluding carboxylic acids is 1. The second kappa shape index (κ2) is 6.58. The Labute approximate surface area is 127 Å². The van der Waals surface area contributed by atoms with Crippen LogP contribution >= 0.6 is 11.8 Å². The molecule has 1 aromatic heterocycles. The highest BCUT2D eigenvalue weighted by Crippen LogP contribution is 2.37. The molecule has 21 heavy (non-hydrogen) atoms. The molecule has 1 saturated heterocycles. The zero-order valence-electron chi connectivity index (χ0n) is 11.4. The van der Waals surface area contributed by atoms with Crippen molar-refractivity contribution in [2.75, 3.05) is 18.9 Å². The molecule has 108 valence electrons. The summed E-state index contributed by atoms with van der Waals surface area (Å²) in [4.78, 5) is 22.1. The van der Waals surface area contributed by atoms with Gasteiger partial charge in [0.15, 0.2) is 6.61 Å². The Bertz CT molecular complexity index is 594. The van der Waals surface area contributed by atoms with E-state index in [0.29, 0.717) is 0 Å². The van der Waals surface area contributed by atoms with E-state index in [1.54, 1.807) is 30.2 Å². The van der Waals surface area contributed by atoms with Crippen molar-refractivity contribution >= 4 is 17.7 Å². The monoisotopic (exact) mass is 301 g/mol. The summed E-state index contributed by atoms with van der Waals surface area (Å²) in [5.41, 5.74) is 1.14. The molecule has 1 aromatic carbocycles. The number of nitrogens with zero attached hydrogens (tertiary/aromatic N) is 3. The SMILES string of the molecule is O=C(COc1ncccn1)N1CCSC1c1ccccc1. The number of aromatic nitrogens is 2. The maximum absolute atomic E-state index is 12.3. The summed E-state index contributed by atoms with van der Waals surface area (Å²) in [5.74, 6) is 0.897. The first-order valence-electron chi connectivity index (χ1n) is 6.70. The first kappa shape index (κ1) is 13.9. The molecule has 1 amide bonds. The summed E-state index contributed by atoms with van der Waals surface area (Å²) in [5, 5.41) is 0.0685. The Kier molecular flexibility index (Phi) is 4.35. The van der Waals surface area contributed by atoms with Gasteiger partial charge in [-0.15, -0.1) is 11.8 Å². The third-order valence-electron chi connectivity index (χ3n) is 3.16. The molecule has 0 N–H and O–H groups in total. The van der Waals surface area contributed by atoms with Gasteiger partial charge in [0.1, 0.15) is 5.37 Å². The van der Waals surface area contributed by atoms with Gasteiger partial charge in [-0.25, -0.2) is 9.97 Å². The molecule has 0 spiro atoms. The molecule has 5 nitrogen and oxygen atoms in total. The fourth-order valence-corrected chi connectivity index (χ4v) is 3.47. The van der Waals surface area contributed by atoms with Crippen molar-refractivity contribution in [2.45, 2.75) is 5.37 Å². The van der Waals surface area contributed by atoms with Crippen LogP contribution in [-0.2, 0) is 4.79 Å². The summed E-state index contributed by atoms with van der Waals surface area (Å²) in [6.07, 6.45) is 3.18. The standard InChI is InChI=1S/C15H15N3O2S/c19-13(11-20-15-16-7-4-8-17-15)18-9-10-21-14(18)12-5-2-1-3-6-12/h1-8,14H,9-11H2. The van der Waals surface area contributed by atoms with E-state index in [2.05, 4.69) is 9.97 Å². The van der Waals surface area contributed by atoms with E-state index in [-0.39, 0.29) is 23.9 Å². The molecule has 1 atom stereocenters. The number of carbonyl (C=O) groups is 1. The topological polar surface area (TPSA) is 55.3 Å². The van der Waals surface area contributed by atoms with E-state index >= 15 is 0 Å². The molecule has 1 unspecified atom stereocenters. The maximum Gasteiger partial charge on any atom is 0.316 e. The number of amides is 1. The highest BCUT2D eigenvalue weighted by molar-refractivity contribution is 7.99. The van der Waals surface area contributed by atoms with Crippen LogP contribution in [0.3, 0.4) is 0 Å². The molecular weight excluding hydrogens is 286 g/mol. The van der Waals surface area contributed by atoms with E-state index in [1.807, 2.05) is 35.2 Å². The second-order valence-corrected chi connectivity index (χ2v) is 5.73. The average Bonchev–Trinajstić information content (AvgIpc) is 3.04. The van der Waals surface area contributed by atoms with Crippen LogP contribution in [0.4, 0.5) is 0 Å². The lowest BCUT2D eigenvalue weighted by Crippen LogP contribution is -2.34. The number of benzene rings is 1. The van der Waals surface area contributed by atoms with Crippen LogP contribution in [0.15, 0.2) is 48.8 Å². The Hall–Kier alpha value is -2.08. The molecule has 0 saturated carbocycles. The molecule has 1 aliphatic heterocycles. The first-order chi connectivity index (χ1) is 10.3. The minimum absolute atomic E-state index is 0.0338. The lowest BCUT2D eigenvalue weighted by atomic mass is 10.2. The molecule has 0 aliphatic carbocycles. The van der Waals surface area contributed by atoms with E-state index in [1.165, 1.54) is 0 Å². The number of hydrogen-bond acceptors (Lipinski definition) is 5. The van der Waals surface area contributed by atoms with Gasteiger partial charge in [0, 0.05) is 24.7 Å². The van der Waals surface area contributed by atoms with Crippen molar-refractivity contribution in [3.63, 3.8) is 0 Å². The van der Waals surface area contributed by atoms with Gasteiger partial charge in [-0.05, 0) is 11.6 Å². The number of thioether (sulfide) groups is 1. The summed E-state index contributed by atoms with van der Waals surface area (Å²) in [6.45, 7) is 0.704. The third kappa shape index (κ3) is 3.33. The van der Waals surface area contributed by atoms with Gasteiger partial charge in [0.05, 0.1) is 0 Å². The van der Waals surface area contributed by atoms with Crippen LogP contribution in [-0.4, -0.2) is 39.7 Å². The van der Waals surface area contributed by atoms with Crippen LogP contribution in [0, 0.1) is 0 Å². The average molecular weight is 301 g/mol. The number of ether oxygens (including phenoxy) is 1. The van der Waals surface area contributed by atoms with E-state index in [9.17, 15) is 4.79 Å². The predicted molar refractivity (Wildman–Crippen MR) is 80.9 cm³/mol. The predicted octanol–water partition coefficient (Wildman–Crippen LogP) is 2.13. The molecule has 3 rings (SSSR count). The summed E-state index contributed by atoms with van der Waals surface area (Å²) < 4.78 is 5.34. The fraction of sp³-hybridized carbons (Fsp3) is 0.267. The largest absolute Gasteiger partial charge is 0.453 e. The molecule has 0 bridgehead atoms. The molecular formula is C15H15N3O2S. The highest BCUT2D eigenvalue weighted by atomic mass is 32.2. The van der Waals surface area contributed by atoms with Crippen LogP contribution in [0.2, 0.25) is 0 Å². The van der Waals surface area contributed by atoms with Crippen LogP contribution in [0.5, 0.6) is 6.01 Å². The second-order valence-electron chi connectivity index (χ2n) is 4.54. The summed E-state index contributed by atoms with van der Waals surface area (Å²) in [7, 11) is 0. The first-order valence-corrected chi connectivity index (χ1v) is 7.75. The van der Waals surface area contributed by atoms with Crippen molar-refractivity contribution < 1.29 is 9.53 Å². The van der Waals surface area contributed by atoms with Gasteiger partial charge in [-0.2, -0.15) is 0 Å². The molecule has 0 radical (unpaired) electrons. The van der Waals surface area contributed by atoms with Gasteiger partial charge < -0.3 is 9.64 Å². The molecule has 1 aliphatic rings. The van der Waals surface area contributed by atoms with Gasteiger partial charge in [0.2, 0.25) is 0 Å². The minimum atomic E-state index is -0.0405. The smallest absolute Gasteiger partial charge is 0.316 e. The van der Waals surface area contributed by atoms with E-state index in [0.717, 1.165) is 17.9 Å². The van der Waals surface area contributed by atoms with Crippen LogP contribution < -0.4 is 4.74 Å². The zero-order chi connectivity index (χ0) is 14.5. The summed E-state index contributed by atoms with van der Waals surface area (Å²) in [6, 6.07) is 12.0. The molecule has 1 fully saturated rings. The summed E-state index contributed by atoms with van der Waals surface area (Å²) >= 11 is 1.77. The lowest BCUT2D eigenvalue weighted by Gasteiger charge is -2.23. The highest BCUT2D eigenvalue weighted by Gasteiger charge is 2.30. The van der Waals surface area contributed by atoms with Gasteiger partial charge in [-0.3, -0.25) is 4.79 Å². The van der Waals surface area contributed by atoms with Crippen molar-refractivity contribution in [2.24, 2.45) is 0 Å². The Morgan fingerprint density at radius 1 is 1.24 bits per heavy atom. The van der Waals surface area contributed by atoms with E-state index in [4.69, 9.17) is 4.74 Å². The number of rotatable bonds is 4. The normalized spacial score (nSPS) is 17.7. The van der Waals surface area contributed by atoms with Crippen molar-refractivity contribution in [3.05, 3.63) is 54.4 Å². The van der Waals surface area contributed by atoms with Gasteiger partial charge >= 0.3 is 6.01 Å². The van der Waals surface area contributed by atoms with Crippen molar-refractivity contribution in [1.29, 1.82) is 0 Å². The quantitative estimate of drug-likeness (QED) is 0.866. The van der Waals surface area contributed by atoms with Gasteiger partial charge in [0.25, 0.3) is 5.91 Å². The van der Waals surface area contributed by atoms with Crippen LogP contribution in [0.1, 0.15) is 10.9 Å². The molecule has 6 heteroatoms. The van der Waals surface area contributed by atoms with Crippen molar-refractivity contribution in [1.82, 2.24) is 14.9 Å². The minimum Gasteiger partial charge on any atom is -0.453 e. The number of hydrogen-bond donors (Lipinski definition) is 0. The zero-order valence-corrected chi connectivity index (χ0v) is 12.2. The Balaban J connectivity index is 1.64.